The largest absolute Gasteiger partial charge is 0.505 e. The predicted molar refractivity (Wildman–Crippen MR) is 61.4 cm³/mol. The lowest BCUT2D eigenvalue weighted by Gasteiger charge is -2.06. The van der Waals surface area contributed by atoms with Crippen LogP contribution in [-0.2, 0) is 0 Å². The van der Waals surface area contributed by atoms with E-state index < -0.39 is 5.91 Å². The van der Waals surface area contributed by atoms with Gasteiger partial charge in [-0.3, -0.25) is 9.78 Å². The molecule has 0 bridgehead atoms. The summed E-state index contributed by atoms with van der Waals surface area (Å²) in [7, 11) is 0. The van der Waals surface area contributed by atoms with Crippen molar-refractivity contribution in [1.82, 2.24) is 10.3 Å². The van der Waals surface area contributed by atoms with Gasteiger partial charge in [0.25, 0.3) is 5.91 Å². The number of amides is 1. The quantitative estimate of drug-likeness (QED) is 0.754. The number of hydrogen-bond acceptors (Lipinski definition) is 4. The average molecular weight is 227 g/mol. The lowest BCUT2D eigenvalue weighted by atomic mass is 10.1. The molecule has 2 rings (SSSR count). The maximum Gasteiger partial charge on any atom is 0.255 e. The fourth-order valence-corrected chi connectivity index (χ4v) is 1.53. The highest BCUT2D eigenvalue weighted by Crippen LogP contribution is 2.26. The van der Waals surface area contributed by atoms with Crippen molar-refractivity contribution >= 4 is 16.8 Å². The predicted octanol–water partition coefficient (Wildman–Crippen LogP) is 1.19. The molecule has 0 saturated heterocycles. The zero-order valence-corrected chi connectivity index (χ0v) is 8.84. The number of hydrogen-bond donors (Lipinski definition) is 2. The van der Waals surface area contributed by atoms with Gasteiger partial charge in [-0.15, -0.1) is 0 Å². The molecule has 5 nitrogen and oxygen atoms in total. The summed E-state index contributed by atoms with van der Waals surface area (Å²) >= 11 is 0. The van der Waals surface area contributed by atoms with Crippen molar-refractivity contribution in [3.8, 4) is 11.8 Å². The Balaban J connectivity index is 2.46. The molecular formula is C12H9N3O2. The van der Waals surface area contributed by atoms with Crippen LogP contribution >= 0.6 is 0 Å². The van der Waals surface area contributed by atoms with Gasteiger partial charge in [0.1, 0.15) is 12.1 Å². The molecule has 1 amide bonds. The molecule has 0 saturated carbocycles. The van der Waals surface area contributed by atoms with Crippen LogP contribution in [0.2, 0.25) is 0 Å². The third kappa shape index (κ3) is 2.01. The molecule has 0 fully saturated rings. The Morgan fingerprint density at radius 1 is 1.47 bits per heavy atom. The van der Waals surface area contributed by atoms with Gasteiger partial charge in [-0.05, 0) is 12.1 Å². The van der Waals surface area contributed by atoms with Crippen LogP contribution in [0.1, 0.15) is 10.4 Å². The second-order valence-corrected chi connectivity index (χ2v) is 3.38. The highest BCUT2D eigenvalue weighted by molar-refractivity contribution is 6.02. The molecule has 0 aliphatic rings. The number of nitrogens with one attached hydrogen (secondary N) is 1. The molecular weight excluding hydrogens is 218 g/mol. The number of benzene rings is 1. The van der Waals surface area contributed by atoms with E-state index in [0.717, 1.165) is 5.39 Å². The number of phenolic OH excluding ortho intramolecular Hbond substituents is 1. The maximum atomic E-state index is 11.6. The van der Waals surface area contributed by atoms with Crippen LogP contribution in [0.25, 0.3) is 10.9 Å². The topological polar surface area (TPSA) is 86.0 Å². The van der Waals surface area contributed by atoms with Crippen molar-refractivity contribution in [2.75, 3.05) is 6.54 Å². The third-order valence-electron chi connectivity index (χ3n) is 2.32. The number of phenols is 1. The molecule has 0 spiro atoms. The number of carbonyl (C=O) groups is 1. The Morgan fingerprint density at radius 3 is 3.06 bits per heavy atom. The van der Waals surface area contributed by atoms with E-state index in [1.165, 1.54) is 6.07 Å². The molecule has 5 heteroatoms. The first-order valence-corrected chi connectivity index (χ1v) is 4.96. The summed E-state index contributed by atoms with van der Waals surface area (Å²) in [6.45, 7) is -0.0987. The number of fused-ring (bicyclic) bond motifs is 1. The van der Waals surface area contributed by atoms with Gasteiger partial charge in [-0.25, -0.2) is 0 Å². The van der Waals surface area contributed by atoms with Gasteiger partial charge < -0.3 is 10.4 Å². The molecule has 0 atom stereocenters. The van der Waals surface area contributed by atoms with Crippen LogP contribution in [0, 0.1) is 11.3 Å². The number of aromatic nitrogens is 1. The summed E-state index contributed by atoms with van der Waals surface area (Å²) in [5.41, 5.74) is 0.489. The molecule has 0 aliphatic heterocycles. The highest BCUT2D eigenvalue weighted by atomic mass is 16.3. The van der Waals surface area contributed by atoms with Gasteiger partial charge >= 0.3 is 0 Å². The van der Waals surface area contributed by atoms with Gasteiger partial charge in [0.2, 0.25) is 0 Å². The minimum atomic E-state index is -0.489. The summed E-state index contributed by atoms with van der Waals surface area (Å²) in [5.74, 6) is -0.657. The minimum Gasteiger partial charge on any atom is -0.505 e. The number of aromatic hydroxyl groups is 1. The van der Waals surface area contributed by atoms with E-state index in [1.807, 2.05) is 0 Å². The second-order valence-electron chi connectivity index (χ2n) is 3.38. The molecule has 0 unspecified atom stereocenters. The summed E-state index contributed by atoms with van der Waals surface area (Å²) in [6.07, 6.45) is 1.54. The summed E-state index contributed by atoms with van der Waals surface area (Å²) in [4.78, 5) is 15.6. The van der Waals surface area contributed by atoms with Crippen LogP contribution in [0.3, 0.4) is 0 Å². The lowest BCUT2D eigenvalue weighted by molar-refractivity contribution is 0.0956. The molecule has 0 aliphatic carbocycles. The fraction of sp³-hybridized carbons (Fsp3) is 0.0833. The molecule has 84 valence electrons. The Kier molecular flexibility index (Phi) is 2.88. The molecule has 1 heterocycles. The van der Waals surface area contributed by atoms with Gasteiger partial charge in [0.05, 0.1) is 11.6 Å². The van der Waals surface area contributed by atoms with Crippen molar-refractivity contribution < 1.29 is 9.90 Å². The first-order valence-electron chi connectivity index (χ1n) is 4.96. The Hall–Kier alpha value is -2.61. The standard InChI is InChI=1S/C12H9N3O2/c13-5-7-15-12(17)9-4-3-8-2-1-6-14-10(8)11(9)16/h1-4,6,16H,7H2,(H,15,17). The van der Waals surface area contributed by atoms with E-state index in [9.17, 15) is 9.90 Å². The van der Waals surface area contributed by atoms with Crippen LogP contribution < -0.4 is 5.32 Å². The summed E-state index contributed by atoms with van der Waals surface area (Å²) in [5, 5.41) is 21.4. The van der Waals surface area contributed by atoms with E-state index in [4.69, 9.17) is 5.26 Å². The molecule has 0 radical (unpaired) electrons. The first-order chi connectivity index (χ1) is 8.24. The first kappa shape index (κ1) is 10.9. The monoisotopic (exact) mass is 227 g/mol. The smallest absolute Gasteiger partial charge is 0.255 e. The molecule has 17 heavy (non-hydrogen) atoms. The molecule has 1 aromatic carbocycles. The lowest BCUT2D eigenvalue weighted by Crippen LogP contribution is -2.23. The van der Waals surface area contributed by atoms with Gasteiger partial charge in [0.15, 0.2) is 5.75 Å². The van der Waals surface area contributed by atoms with Crippen LogP contribution in [0.4, 0.5) is 0 Å². The average Bonchev–Trinajstić information content (AvgIpc) is 2.37. The molecule has 1 aromatic heterocycles. The van der Waals surface area contributed by atoms with E-state index in [1.54, 1.807) is 30.5 Å². The number of pyridine rings is 1. The number of nitriles is 1. The van der Waals surface area contributed by atoms with Crippen LogP contribution in [-0.4, -0.2) is 22.5 Å². The highest BCUT2D eigenvalue weighted by Gasteiger charge is 2.13. The zero-order chi connectivity index (χ0) is 12.3. The van der Waals surface area contributed by atoms with Crippen molar-refractivity contribution in [1.29, 1.82) is 5.26 Å². The van der Waals surface area contributed by atoms with E-state index in [0.29, 0.717) is 5.52 Å². The van der Waals surface area contributed by atoms with Gasteiger partial charge in [-0.2, -0.15) is 5.26 Å². The number of rotatable bonds is 2. The van der Waals surface area contributed by atoms with Gasteiger partial charge in [0, 0.05) is 11.6 Å². The Morgan fingerprint density at radius 2 is 2.29 bits per heavy atom. The Labute approximate surface area is 97.3 Å². The SMILES string of the molecule is N#CCNC(=O)c1ccc2cccnc2c1O. The van der Waals surface area contributed by atoms with E-state index in [-0.39, 0.29) is 17.9 Å². The normalized spacial score (nSPS) is 9.82. The van der Waals surface area contributed by atoms with Crippen molar-refractivity contribution in [3.05, 3.63) is 36.0 Å². The molecule has 2 N–H and O–H groups in total. The Bertz CT molecular complexity index is 617. The number of nitrogens with zero attached hydrogens (tertiary/aromatic N) is 2. The molecule has 2 aromatic rings. The third-order valence-corrected chi connectivity index (χ3v) is 2.32. The zero-order valence-electron chi connectivity index (χ0n) is 8.84. The summed E-state index contributed by atoms with van der Waals surface area (Å²) < 4.78 is 0. The van der Waals surface area contributed by atoms with Gasteiger partial charge in [-0.1, -0.05) is 12.1 Å². The van der Waals surface area contributed by atoms with Crippen molar-refractivity contribution in [3.63, 3.8) is 0 Å². The second kappa shape index (κ2) is 4.49. The summed E-state index contributed by atoms with van der Waals surface area (Å²) in [6, 6.07) is 8.54. The van der Waals surface area contributed by atoms with Crippen LogP contribution in [0.5, 0.6) is 5.75 Å². The van der Waals surface area contributed by atoms with Crippen LogP contribution in [0.15, 0.2) is 30.5 Å². The van der Waals surface area contributed by atoms with Crippen molar-refractivity contribution in [2.24, 2.45) is 0 Å². The maximum absolute atomic E-state index is 11.6. The van der Waals surface area contributed by atoms with E-state index in [2.05, 4.69) is 10.3 Å². The van der Waals surface area contributed by atoms with E-state index >= 15 is 0 Å². The minimum absolute atomic E-state index is 0.0987. The van der Waals surface area contributed by atoms with Crippen molar-refractivity contribution in [2.45, 2.75) is 0 Å². The fourth-order valence-electron chi connectivity index (χ4n) is 1.53. The number of carbonyl (C=O) groups excluding carboxylic acids is 1.